The lowest BCUT2D eigenvalue weighted by Crippen LogP contribution is -2.04. The molecule has 0 N–H and O–H groups in total. The molecule has 0 heterocycles. The Morgan fingerprint density at radius 3 is 2.22 bits per heavy atom. The second kappa shape index (κ2) is 6.75. The van der Waals surface area contributed by atoms with Crippen LogP contribution in [0.4, 0.5) is 0 Å². The van der Waals surface area contributed by atoms with Gasteiger partial charge in [-0.1, -0.05) is 73.3 Å². The minimum Gasteiger partial charge on any atom is -0.0839 e. The van der Waals surface area contributed by atoms with Crippen LogP contribution in [0.3, 0.4) is 0 Å². The molecule has 100 valence electrons. The third kappa shape index (κ3) is 3.85. The Labute approximate surface area is 120 Å². The minimum atomic E-state index is 0.512. The van der Waals surface area contributed by atoms with Crippen LogP contribution in [0, 0.1) is 5.92 Å². The molecule has 0 saturated heterocycles. The number of benzene rings is 1. The number of rotatable bonds is 4. The van der Waals surface area contributed by atoms with E-state index in [1.54, 1.807) is 5.56 Å². The zero-order valence-corrected chi connectivity index (χ0v) is 13.2. The Hall–Kier alpha value is -0.300. The maximum absolute atomic E-state index is 3.81. The van der Waals surface area contributed by atoms with Crippen molar-refractivity contribution in [1.29, 1.82) is 0 Å². The first-order valence-corrected chi connectivity index (χ1v) is 8.32. The fourth-order valence-electron chi connectivity index (χ4n) is 2.96. The number of hydrogen-bond donors (Lipinski definition) is 0. The molecule has 1 saturated carbocycles. The minimum absolute atomic E-state index is 0.512. The molecule has 1 aliphatic carbocycles. The van der Waals surface area contributed by atoms with E-state index in [1.165, 1.54) is 44.1 Å². The molecule has 0 aliphatic heterocycles. The highest BCUT2D eigenvalue weighted by atomic mass is 79.9. The molecular formula is C17H25Br. The van der Waals surface area contributed by atoms with Gasteiger partial charge in [0.15, 0.2) is 0 Å². The molecule has 0 bridgehead atoms. The molecule has 18 heavy (non-hydrogen) atoms. The molecule has 1 aliphatic rings. The molecule has 1 aromatic carbocycles. The first kappa shape index (κ1) is 14.1. The van der Waals surface area contributed by atoms with Crippen molar-refractivity contribution in [2.75, 3.05) is 0 Å². The van der Waals surface area contributed by atoms with Crippen molar-refractivity contribution in [3.8, 4) is 0 Å². The smallest absolute Gasteiger partial charge is 0.0397 e. The number of hydrogen-bond acceptors (Lipinski definition) is 0. The van der Waals surface area contributed by atoms with Gasteiger partial charge in [0, 0.05) is 4.83 Å². The second-order valence-electron chi connectivity index (χ2n) is 6.10. The summed E-state index contributed by atoms with van der Waals surface area (Å²) in [6.07, 6.45) is 8.27. The number of halogens is 1. The number of alkyl halides is 1. The van der Waals surface area contributed by atoms with E-state index in [4.69, 9.17) is 0 Å². The highest BCUT2D eigenvalue weighted by Crippen LogP contribution is 2.35. The molecule has 1 fully saturated rings. The molecule has 1 unspecified atom stereocenters. The fraction of sp³-hybridized carbons (Fsp3) is 0.647. The van der Waals surface area contributed by atoms with Gasteiger partial charge in [-0.3, -0.25) is 0 Å². The van der Waals surface area contributed by atoms with Crippen LogP contribution < -0.4 is 0 Å². The van der Waals surface area contributed by atoms with Gasteiger partial charge < -0.3 is 0 Å². The Morgan fingerprint density at radius 2 is 1.67 bits per heavy atom. The van der Waals surface area contributed by atoms with E-state index >= 15 is 0 Å². The maximum atomic E-state index is 3.81. The Morgan fingerprint density at radius 1 is 1.06 bits per heavy atom. The second-order valence-corrected chi connectivity index (χ2v) is 7.20. The van der Waals surface area contributed by atoms with Crippen molar-refractivity contribution < 1.29 is 0 Å². The summed E-state index contributed by atoms with van der Waals surface area (Å²) < 4.78 is 0. The molecule has 1 aromatic rings. The van der Waals surface area contributed by atoms with E-state index in [2.05, 4.69) is 54.0 Å². The van der Waals surface area contributed by atoms with Crippen LogP contribution >= 0.6 is 15.9 Å². The summed E-state index contributed by atoms with van der Waals surface area (Å²) in [5.74, 6) is 1.57. The zero-order valence-electron chi connectivity index (χ0n) is 11.7. The Bertz CT molecular complexity index is 346. The molecule has 0 radical (unpaired) electrons. The van der Waals surface area contributed by atoms with Crippen LogP contribution in [0.2, 0.25) is 0 Å². The highest BCUT2D eigenvalue weighted by molar-refractivity contribution is 9.09. The van der Waals surface area contributed by atoms with E-state index in [9.17, 15) is 0 Å². The van der Waals surface area contributed by atoms with E-state index < -0.39 is 0 Å². The van der Waals surface area contributed by atoms with Crippen molar-refractivity contribution >= 4 is 15.9 Å². The molecule has 0 nitrogen and oxygen atoms in total. The molecule has 1 atom stereocenters. The first-order chi connectivity index (χ1) is 8.66. The lowest BCUT2D eigenvalue weighted by atomic mass is 9.84. The fourth-order valence-corrected chi connectivity index (χ4v) is 4.02. The van der Waals surface area contributed by atoms with E-state index in [1.807, 2.05) is 0 Å². The summed E-state index contributed by atoms with van der Waals surface area (Å²) in [5, 5.41) is 0. The van der Waals surface area contributed by atoms with Gasteiger partial charge in [-0.15, -0.1) is 0 Å². The maximum Gasteiger partial charge on any atom is 0.0397 e. The molecule has 2 rings (SSSR count). The van der Waals surface area contributed by atoms with Gasteiger partial charge in [0.2, 0.25) is 0 Å². The Balaban J connectivity index is 2.00. The normalized spacial score (nSPS) is 19.1. The highest BCUT2D eigenvalue weighted by Gasteiger charge is 2.16. The van der Waals surface area contributed by atoms with Gasteiger partial charge in [0.25, 0.3) is 0 Å². The lowest BCUT2D eigenvalue weighted by molar-refractivity contribution is 0.443. The summed E-state index contributed by atoms with van der Waals surface area (Å²) in [5.41, 5.74) is 2.99. The van der Waals surface area contributed by atoms with Crippen molar-refractivity contribution in [3.63, 3.8) is 0 Å². The lowest BCUT2D eigenvalue weighted by Gasteiger charge is -2.22. The zero-order chi connectivity index (χ0) is 13.0. The van der Waals surface area contributed by atoms with Crippen LogP contribution in [0.25, 0.3) is 0 Å². The van der Waals surface area contributed by atoms with Crippen LogP contribution in [0.15, 0.2) is 24.3 Å². The van der Waals surface area contributed by atoms with Gasteiger partial charge in [0.1, 0.15) is 0 Å². The van der Waals surface area contributed by atoms with Crippen molar-refractivity contribution in [2.45, 2.75) is 63.1 Å². The third-order valence-electron chi connectivity index (χ3n) is 4.05. The van der Waals surface area contributed by atoms with E-state index in [-0.39, 0.29) is 0 Å². The first-order valence-electron chi connectivity index (χ1n) is 7.40. The van der Waals surface area contributed by atoms with Crippen LogP contribution in [0.1, 0.15) is 74.2 Å². The summed E-state index contributed by atoms with van der Waals surface area (Å²) in [6, 6.07) is 9.37. The third-order valence-corrected chi connectivity index (χ3v) is 4.96. The molecule has 0 amide bonds. The Kier molecular flexibility index (Phi) is 5.29. The van der Waals surface area contributed by atoms with Gasteiger partial charge >= 0.3 is 0 Å². The van der Waals surface area contributed by atoms with Crippen molar-refractivity contribution in [3.05, 3.63) is 35.4 Å². The van der Waals surface area contributed by atoms with Gasteiger partial charge in [-0.2, -0.15) is 0 Å². The summed E-state index contributed by atoms with van der Waals surface area (Å²) in [4.78, 5) is 0.512. The van der Waals surface area contributed by atoms with Crippen molar-refractivity contribution in [2.24, 2.45) is 5.92 Å². The standard InChI is InChI=1S/C17H25Br/c1-13(2)12-17(18)16-10-8-15(9-11-16)14-6-4-3-5-7-14/h8-11,13-14,17H,3-7,12H2,1-2H3. The molecule has 0 spiro atoms. The predicted octanol–water partition coefficient (Wildman–Crippen LogP) is 6.22. The van der Waals surface area contributed by atoms with Crippen LogP contribution in [-0.2, 0) is 0 Å². The summed E-state index contributed by atoms with van der Waals surface area (Å²) in [7, 11) is 0. The molecule has 0 aromatic heterocycles. The summed E-state index contributed by atoms with van der Waals surface area (Å²) >= 11 is 3.81. The molecule has 1 heteroatoms. The van der Waals surface area contributed by atoms with Crippen molar-refractivity contribution in [1.82, 2.24) is 0 Å². The summed E-state index contributed by atoms with van der Waals surface area (Å²) in [6.45, 7) is 4.56. The quantitative estimate of drug-likeness (QED) is 0.579. The predicted molar refractivity (Wildman–Crippen MR) is 83.4 cm³/mol. The monoisotopic (exact) mass is 308 g/mol. The van der Waals surface area contributed by atoms with Gasteiger partial charge in [-0.25, -0.2) is 0 Å². The van der Waals surface area contributed by atoms with Crippen LogP contribution in [0.5, 0.6) is 0 Å². The SMILES string of the molecule is CC(C)CC(Br)c1ccc(C2CCCCC2)cc1. The van der Waals surface area contributed by atoms with Gasteiger partial charge in [0.05, 0.1) is 0 Å². The molecular weight excluding hydrogens is 284 g/mol. The van der Waals surface area contributed by atoms with Crippen LogP contribution in [-0.4, -0.2) is 0 Å². The van der Waals surface area contributed by atoms with Gasteiger partial charge in [-0.05, 0) is 42.2 Å². The average Bonchev–Trinajstić information content (AvgIpc) is 2.39. The largest absolute Gasteiger partial charge is 0.0839 e. The average molecular weight is 309 g/mol. The van der Waals surface area contributed by atoms with E-state index in [0.29, 0.717) is 4.83 Å². The topological polar surface area (TPSA) is 0 Å². The van der Waals surface area contributed by atoms with E-state index in [0.717, 1.165) is 11.8 Å².